The molecule has 17 heavy (non-hydrogen) atoms. The van der Waals surface area contributed by atoms with E-state index in [1.54, 1.807) is 11.3 Å². The first-order valence-corrected chi connectivity index (χ1v) is 7.58. The predicted molar refractivity (Wildman–Crippen MR) is 73.4 cm³/mol. The summed E-state index contributed by atoms with van der Waals surface area (Å²) in [5.74, 6) is 0. The maximum Gasteiger partial charge on any atom is 0.0794 e. The van der Waals surface area contributed by atoms with E-state index in [0.717, 1.165) is 6.54 Å². The normalized spacial score (nSPS) is 19.4. The predicted octanol–water partition coefficient (Wildman–Crippen LogP) is 2.67. The van der Waals surface area contributed by atoms with Crippen LogP contribution in [0.1, 0.15) is 43.5 Å². The number of thiazole rings is 1. The summed E-state index contributed by atoms with van der Waals surface area (Å²) in [6, 6.07) is 0.448. The number of likely N-dealkylation sites (tertiary alicyclic amines) is 1. The summed E-state index contributed by atoms with van der Waals surface area (Å²) in [7, 11) is 0. The highest BCUT2D eigenvalue weighted by Crippen LogP contribution is 2.16. The molecule has 4 heteroatoms. The smallest absolute Gasteiger partial charge is 0.0794 e. The Labute approximate surface area is 108 Å². The van der Waals surface area contributed by atoms with Gasteiger partial charge < -0.3 is 10.2 Å². The Hall–Kier alpha value is -0.450. The van der Waals surface area contributed by atoms with Crippen LogP contribution in [0.4, 0.5) is 0 Å². The topological polar surface area (TPSA) is 28.2 Å². The minimum atomic E-state index is 0.448. The minimum absolute atomic E-state index is 0.448. The standard InChI is InChI=1S/C13H23N3S/c1-12(13-10-14-11-17-13)15-6-5-9-16-7-3-2-4-8-16/h10-12,15H,2-9H2,1H3. The average molecular weight is 253 g/mol. The number of nitrogens with one attached hydrogen (secondary N) is 1. The summed E-state index contributed by atoms with van der Waals surface area (Å²) >= 11 is 1.73. The molecular formula is C13H23N3S. The molecule has 1 aliphatic rings. The molecule has 2 heterocycles. The molecule has 96 valence electrons. The van der Waals surface area contributed by atoms with Gasteiger partial charge in [-0.25, -0.2) is 0 Å². The van der Waals surface area contributed by atoms with Crippen LogP contribution < -0.4 is 5.32 Å². The van der Waals surface area contributed by atoms with Crippen molar-refractivity contribution in [3.8, 4) is 0 Å². The van der Waals surface area contributed by atoms with Gasteiger partial charge in [0.05, 0.1) is 5.51 Å². The molecule has 1 unspecified atom stereocenters. The van der Waals surface area contributed by atoms with E-state index in [0.29, 0.717) is 6.04 Å². The van der Waals surface area contributed by atoms with Gasteiger partial charge in [-0.15, -0.1) is 11.3 Å². The number of aromatic nitrogens is 1. The van der Waals surface area contributed by atoms with E-state index >= 15 is 0 Å². The molecule has 1 N–H and O–H groups in total. The molecule has 0 aliphatic carbocycles. The second-order valence-corrected chi connectivity index (χ2v) is 5.75. The zero-order chi connectivity index (χ0) is 11.9. The summed E-state index contributed by atoms with van der Waals surface area (Å²) in [6.07, 6.45) is 7.43. The van der Waals surface area contributed by atoms with Crippen molar-refractivity contribution in [3.05, 3.63) is 16.6 Å². The van der Waals surface area contributed by atoms with Crippen LogP contribution >= 0.6 is 11.3 Å². The van der Waals surface area contributed by atoms with E-state index in [2.05, 4.69) is 22.1 Å². The van der Waals surface area contributed by atoms with Crippen molar-refractivity contribution in [2.45, 2.75) is 38.6 Å². The third-order valence-electron chi connectivity index (χ3n) is 3.43. The highest BCUT2D eigenvalue weighted by Gasteiger charge is 2.10. The van der Waals surface area contributed by atoms with Crippen LogP contribution in [-0.2, 0) is 0 Å². The lowest BCUT2D eigenvalue weighted by atomic mass is 10.1. The molecule has 0 radical (unpaired) electrons. The molecular weight excluding hydrogens is 230 g/mol. The summed E-state index contributed by atoms with van der Waals surface area (Å²) in [4.78, 5) is 8.05. The Balaban J connectivity index is 1.56. The van der Waals surface area contributed by atoms with Crippen molar-refractivity contribution in [2.75, 3.05) is 26.2 Å². The second-order valence-electron chi connectivity index (χ2n) is 4.84. The van der Waals surface area contributed by atoms with Crippen molar-refractivity contribution in [2.24, 2.45) is 0 Å². The van der Waals surface area contributed by atoms with Crippen LogP contribution in [0, 0.1) is 0 Å². The van der Waals surface area contributed by atoms with Gasteiger partial charge >= 0.3 is 0 Å². The van der Waals surface area contributed by atoms with Crippen LogP contribution in [0.25, 0.3) is 0 Å². The Bertz CT molecular complexity index is 294. The Kier molecular flexibility index (Phi) is 5.42. The number of rotatable bonds is 6. The first-order valence-electron chi connectivity index (χ1n) is 6.70. The lowest BCUT2D eigenvalue weighted by Gasteiger charge is -2.26. The van der Waals surface area contributed by atoms with E-state index < -0.39 is 0 Å². The highest BCUT2D eigenvalue weighted by atomic mass is 32.1. The van der Waals surface area contributed by atoms with Gasteiger partial charge in [0.1, 0.15) is 0 Å². The zero-order valence-electron chi connectivity index (χ0n) is 10.7. The SMILES string of the molecule is CC(NCCCN1CCCCC1)c1cncs1. The summed E-state index contributed by atoms with van der Waals surface area (Å²) < 4.78 is 0. The monoisotopic (exact) mass is 253 g/mol. The molecule has 1 saturated heterocycles. The largest absolute Gasteiger partial charge is 0.309 e. The van der Waals surface area contributed by atoms with Crippen LogP contribution in [-0.4, -0.2) is 36.1 Å². The minimum Gasteiger partial charge on any atom is -0.309 e. The Morgan fingerprint density at radius 1 is 1.41 bits per heavy atom. The van der Waals surface area contributed by atoms with Crippen LogP contribution in [0.2, 0.25) is 0 Å². The Morgan fingerprint density at radius 3 is 2.94 bits per heavy atom. The highest BCUT2D eigenvalue weighted by molar-refractivity contribution is 7.09. The van der Waals surface area contributed by atoms with E-state index in [-0.39, 0.29) is 0 Å². The quantitative estimate of drug-likeness (QED) is 0.790. The number of nitrogens with zero attached hydrogens (tertiary/aromatic N) is 2. The third-order valence-corrected chi connectivity index (χ3v) is 4.39. The molecule has 0 amide bonds. The summed E-state index contributed by atoms with van der Waals surface area (Å²) in [5, 5.41) is 3.57. The van der Waals surface area contributed by atoms with Crippen molar-refractivity contribution in [1.82, 2.24) is 15.2 Å². The molecule has 0 bridgehead atoms. The lowest BCUT2D eigenvalue weighted by molar-refractivity contribution is 0.225. The van der Waals surface area contributed by atoms with Gasteiger partial charge in [-0.1, -0.05) is 6.42 Å². The lowest BCUT2D eigenvalue weighted by Crippen LogP contribution is -2.32. The van der Waals surface area contributed by atoms with Crippen LogP contribution in [0.5, 0.6) is 0 Å². The average Bonchev–Trinajstić information content (AvgIpc) is 2.89. The molecule has 1 atom stereocenters. The molecule has 1 aliphatic heterocycles. The molecule has 1 fully saturated rings. The number of hydrogen-bond acceptors (Lipinski definition) is 4. The van der Waals surface area contributed by atoms with Gasteiger partial charge in [-0.2, -0.15) is 0 Å². The Morgan fingerprint density at radius 2 is 2.24 bits per heavy atom. The second kappa shape index (κ2) is 7.09. The first kappa shape index (κ1) is 13.0. The maximum absolute atomic E-state index is 4.12. The van der Waals surface area contributed by atoms with Gasteiger partial charge in [-0.05, 0) is 52.4 Å². The molecule has 1 aromatic heterocycles. The van der Waals surface area contributed by atoms with Gasteiger partial charge in [0.15, 0.2) is 0 Å². The molecule has 2 rings (SSSR count). The summed E-state index contributed by atoms with van der Waals surface area (Å²) in [6.45, 7) is 7.20. The van der Waals surface area contributed by atoms with Gasteiger partial charge in [0.2, 0.25) is 0 Å². The van der Waals surface area contributed by atoms with Crippen LogP contribution in [0.15, 0.2) is 11.7 Å². The van der Waals surface area contributed by atoms with E-state index in [1.165, 1.54) is 50.2 Å². The van der Waals surface area contributed by atoms with Crippen molar-refractivity contribution >= 4 is 11.3 Å². The molecule has 1 aromatic rings. The van der Waals surface area contributed by atoms with Gasteiger partial charge in [0, 0.05) is 17.1 Å². The molecule has 3 nitrogen and oxygen atoms in total. The molecule has 0 aromatic carbocycles. The summed E-state index contributed by atoms with van der Waals surface area (Å²) in [5.41, 5.74) is 1.90. The van der Waals surface area contributed by atoms with Crippen molar-refractivity contribution < 1.29 is 0 Å². The fourth-order valence-corrected chi connectivity index (χ4v) is 3.00. The molecule has 0 saturated carbocycles. The fourth-order valence-electron chi connectivity index (χ4n) is 2.34. The fraction of sp³-hybridized carbons (Fsp3) is 0.769. The first-order chi connectivity index (χ1) is 8.36. The zero-order valence-corrected chi connectivity index (χ0v) is 11.5. The van der Waals surface area contributed by atoms with Gasteiger partial charge in [0.25, 0.3) is 0 Å². The van der Waals surface area contributed by atoms with E-state index in [9.17, 15) is 0 Å². The van der Waals surface area contributed by atoms with E-state index in [1.807, 2.05) is 11.7 Å². The number of piperidine rings is 1. The van der Waals surface area contributed by atoms with Crippen molar-refractivity contribution in [3.63, 3.8) is 0 Å². The van der Waals surface area contributed by atoms with Gasteiger partial charge in [-0.3, -0.25) is 4.98 Å². The van der Waals surface area contributed by atoms with Crippen LogP contribution in [0.3, 0.4) is 0 Å². The van der Waals surface area contributed by atoms with E-state index in [4.69, 9.17) is 0 Å². The maximum atomic E-state index is 4.12. The van der Waals surface area contributed by atoms with Crippen molar-refractivity contribution in [1.29, 1.82) is 0 Å². The molecule has 0 spiro atoms. The number of hydrogen-bond donors (Lipinski definition) is 1. The third kappa shape index (κ3) is 4.37.